The summed E-state index contributed by atoms with van der Waals surface area (Å²) in [5.74, 6) is -0.0701. The first-order chi connectivity index (χ1) is 8.71. The third-order valence-corrected chi connectivity index (χ3v) is 2.90. The van der Waals surface area contributed by atoms with Gasteiger partial charge in [-0.1, -0.05) is 13.8 Å². The second-order valence-corrected chi connectivity index (χ2v) is 4.02. The predicted octanol–water partition coefficient (Wildman–Crippen LogP) is 1.46. The molecular formula is C13H24Cl2N4O. The maximum atomic E-state index is 11.9. The molecule has 0 saturated heterocycles. The second-order valence-electron chi connectivity index (χ2n) is 4.02. The highest BCUT2D eigenvalue weighted by Gasteiger charge is 2.06. The normalized spacial score (nSPS) is 9.60. The van der Waals surface area contributed by atoms with Gasteiger partial charge in [0.15, 0.2) is 0 Å². The molecule has 0 atom stereocenters. The van der Waals surface area contributed by atoms with Crippen LogP contribution in [-0.2, 0) is 6.54 Å². The fourth-order valence-corrected chi connectivity index (χ4v) is 1.70. The SMILES string of the molecule is CCN(CC)CCNC(=O)c1ccnc(CN)c1.Cl.Cl. The zero-order valence-electron chi connectivity index (χ0n) is 12.0. The number of amides is 1. The fraction of sp³-hybridized carbons (Fsp3) is 0.538. The number of carbonyl (C=O) groups excluding carboxylic acids is 1. The molecule has 0 aliphatic carbocycles. The Morgan fingerprint density at radius 2 is 2.00 bits per heavy atom. The van der Waals surface area contributed by atoms with Crippen LogP contribution >= 0.6 is 24.8 Å². The van der Waals surface area contributed by atoms with Crippen LogP contribution < -0.4 is 11.1 Å². The monoisotopic (exact) mass is 322 g/mol. The number of rotatable bonds is 7. The molecular weight excluding hydrogens is 299 g/mol. The quantitative estimate of drug-likeness (QED) is 0.797. The van der Waals surface area contributed by atoms with Gasteiger partial charge in [-0.05, 0) is 25.2 Å². The number of aromatic nitrogens is 1. The number of nitrogens with one attached hydrogen (secondary N) is 1. The van der Waals surface area contributed by atoms with Crippen LogP contribution in [0, 0.1) is 0 Å². The number of nitrogens with zero attached hydrogens (tertiary/aromatic N) is 2. The van der Waals surface area contributed by atoms with E-state index in [9.17, 15) is 4.79 Å². The van der Waals surface area contributed by atoms with Gasteiger partial charge >= 0.3 is 0 Å². The van der Waals surface area contributed by atoms with Gasteiger partial charge in [-0.3, -0.25) is 9.78 Å². The maximum Gasteiger partial charge on any atom is 0.251 e. The highest BCUT2D eigenvalue weighted by atomic mass is 35.5. The van der Waals surface area contributed by atoms with Gasteiger partial charge in [0, 0.05) is 31.4 Å². The third kappa shape index (κ3) is 7.05. The van der Waals surface area contributed by atoms with Gasteiger partial charge < -0.3 is 16.0 Å². The molecule has 0 saturated carbocycles. The molecule has 0 radical (unpaired) electrons. The van der Waals surface area contributed by atoms with Gasteiger partial charge in [0.25, 0.3) is 5.91 Å². The van der Waals surface area contributed by atoms with E-state index in [1.54, 1.807) is 18.3 Å². The van der Waals surface area contributed by atoms with E-state index in [0.29, 0.717) is 18.7 Å². The number of halogens is 2. The van der Waals surface area contributed by atoms with Gasteiger partial charge in [0.1, 0.15) is 0 Å². The molecule has 0 aliphatic heterocycles. The van der Waals surface area contributed by atoms with Crippen LogP contribution in [0.25, 0.3) is 0 Å². The van der Waals surface area contributed by atoms with Crippen molar-refractivity contribution in [3.63, 3.8) is 0 Å². The lowest BCUT2D eigenvalue weighted by Gasteiger charge is -2.17. The second kappa shape index (κ2) is 11.9. The Morgan fingerprint density at radius 3 is 2.55 bits per heavy atom. The maximum absolute atomic E-state index is 11.9. The van der Waals surface area contributed by atoms with Crippen molar-refractivity contribution in [3.8, 4) is 0 Å². The van der Waals surface area contributed by atoms with E-state index in [1.807, 2.05) is 0 Å². The molecule has 1 aromatic heterocycles. The van der Waals surface area contributed by atoms with E-state index >= 15 is 0 Å². The van der Waals surface area contributed by atoms with Crippen LogP contribution in [0.15, 0.2) is 18.3 Å². The summed E-state index contributed by atoms with van der Waals surface area (Å²) in [6, 6.07) is 3.43. The molecule has 1 heterocycles. The van der Waals surface area contributed by atoms with Crippen LogP contribution in [0.2, 0.25) is 0 Å². The standard InChI is InChI=1S/C13H22N4O.2ClH/c1-3-17(4-2)8-7-16-13(18)11-5-6-15-12(9-11)10-14;;/h5-6,9H,3-4,7-8,10,14H2,1-2H3,(H,16,18);2*1H. The molecule has 1 amide bonds. The minimum Gasteiger partial charge on any atom is -0.351 e. The number of pyridine rings is 1. The summed E-state index contributed by atoms with van der Waals surface area (Å²) in [6.45, 7) is 8.09. The largest absolute Gasteiger partial charge is 0.351 e. The summed E-state index contributed by atoms with van der Waals surface area (Å²) in [7, 11) is 0. The van der Waals surface area contributed by atoms with E-state index < -0.39 is 0 Å². The molecule has 0 fully saturated rings. The van der Waals surface area contributed by atoms with Crippen LogP contribution in [-0.4, -0.2) is 42.0 Å². The minimum absolute atomic E-state index is 0. The predicted molar refractivity (Wildman–Crippen MR) is 86.7 cm³/mol. The van der Waals surface area contributed by atoms with Crippen molar-refractivity contribution in [1.29, 1.82) is 0 Å². The molecule has 0 spiro atoms. The van der Waals surface area contributed by atoms with Gasteiger partial charge in [-0.2, -0.15) is 0 Å². The zero-order valence-corrected chi connectivity index (χ0v) is 13.6. The molecule has 116 valence electrons. The summed E-state index contributed by atoms with van der Waals surface area (Å²) in [5.41, 5.74) is 6.84. The third-order valence-electron chi connectivity index (χ3n) is 2.90. The lowest BCUT2D eigenvalue weighted by molar-refractivity contribution is 0.0948. The van der Waals surface area contributed by atoms with E-state index in [-0.39, 0.29) is 30.7 Å². The van der Waals surface area contributed by atoms with Gasteiger partial charge in [0.05, 0.1) is 5.69 Å². The van der Waals surface area contributed by atoms with Crippen molar-refractivity contribution in [3.05, 3.63) is 29.6 Å². The molecule has 5 nitrogen and oxygen atoms in total. The number of carbonyl (C=O) groups is 1. The summed E-state index contributed by atoms with van der Waals surface area (Å²) in [6.07, 6.45) is 1.61. The smallest absolute Gasteiger partial charge is 0.251 e. The summed E-state index contributed by atoms with van der Waals surface area (Å²) < 4.78 is 0. The van der Waals surface area contributed by atoms with E-state index in [1.165, 1.54) is 0 Å². The summed E-state index contributed by atoms with van der Waals surface area (Å²) in [5, 5.41) is 2.90. The highest BCUT2D eigenvalue weighted by molar-refractivity contribution is 5.94. The van der Waals surface area contributed by atoms with Gasteiger partial charge in [-0.25, -0.2) is 0 Å². The Hall–Kier alpha value is -0.880. The molecule has 0 bridgehead atoms. The van der Waals surface area contributed by atoms with Crippen LogP contribution in [0.1, 0.15) is 29.9 Å². The van der Waals surface area contributed by atoms with Crippen LogP contribution in [0.3, 0.4) is 0 Å². The molecule has 1 rings (SSSR count). The number of nitrogens with two attached hydrogens (primary N) is 1. The Morgan fingerprint density at radius 1 is 1.35 bits per heavy atom. The van der Waals surface area contributed by atoms with E-state index in [4.69, 9.17) is 5.73 Å². The molecule has 0 unspecified atom stereocenters. The molecule has 20 heavy (non-hydrogen) atoms. The Labute approximate surface area is 133 Å². The Kier molecular flexibility index (Phi) is 12.8. The van der Waals surface area contributed by atoms with Crippen molar-refractivity contribution in [2.45, 2.75) is 20.4 Å². The van der Waals surface area contributed by atoms with Crippen molar-refractivity contribution in [2.24, 2.45) is 5.73 Å². The first kappa shape index (κ1) is 21.4. The van der Waals surface area contributed by atoms with E-state index in [2.05, 4.69) is 29.0 Å². The molecule has 1 aromatic rings. The van der Waals surface area contributed by atoms with Crippen molar-refractivity contribution >= 4 is 30.7 Å². The van der Waals surface area contributed by atoms with Crippen LogP contribution in [0.4, 0.5) is 0 Å². The zero-order chi connectivity index (χ0) is 13.4. The first-order valence-corrected chi connectivity index (χ1v) is 6.36. The molecule has 0 aliphatic rings. The average Bonchev–Trinajstić information content (AvgIpc) is 2.43. The Balaban J connectivity index is 0. The highest BCUT2D eigenvalue weighted by Crippen LogP contribution is 2.01. The average molecular weight is 323 g/mol. The van der Waals surface area contributed by atoms with Crippen molar-refractivity contribution < 1.29 is 4.79 Å². The fourth-order valence-electron chi connectivity index (χ4n) is 1.70. The molecule has 3 N–H and O–H groups in total. The first-order valence-electron chi connectivity index (χ1n) is 6.36. The van der Waals surface area contributed by atoms with Crippen LogP contribution in [0.5, 0.6) is 0 Å². The minimum atomic E-state index is -0.0701. The molecule has 0 aromatic carbocycles. The number of hydrogen-bond acceptors (Lipinski definition) is 4. The van der Waals surface area contributed by atoms with Crippen molar-refractivity contribution in [2.75, 3.05) is 26.2 Å². The van der Waals surface area contributed by atoms with Gasteiger partial charge in [0.2, 0.25) is 0 Å². The summed E-state index contributed by atoms with van der Waals surface area (Å²) >= 11 is 0. The lowest BCUT2D eigenvalue weighted by Crippen LogP contribution is -2.34. The van der Waals surface area contributed by atoms with E-state index in [0.717, 1.165) is 25.3 Å². The summed E-state index contributed by atoms with van der Waals surface area (Å²) in [4.78, 5) is 18.2. The topological polar surface area (TPSA) is 71.2 Å². The number of likely N-dealkylation sites (N-methyl/N-ethyl adjacent to an activating group) is 1. The van der Waals surface area contributed by atoms with Gasteiger partial charge in [-0.15, -0.1) is 24.8 Å². The van der Waals surface area contributed by atoms with Crippen molar-refractivity contribution in [1.82, 2.24) is 15.2 Å². The lowest BCUT2D eigenvalue weighted by atomic mass is 10.2. The number of hydrogen-bond donors (Lipinski definition) is 2. The Bertz CT molecular complexity index is 386. The molecule has 7 heteroatoms.